The lowest BCUT2D eigenvalue weighted by Gasteiger charge is -2.00. The SMILES string of the molecule is FCc1c(F)c(F)[c]c(F)c1F. The van der Waals surface area contributed by atoms with Crippen molar-refractivity contribution in [3.8, 4) is 0 Å². The normalized spacial score (nSPS) is 10.4. The zero-order valence-electron chi connectivity index (χ0n) is 5.60. The van der Waals surface area contributed by atoms with E-state index < -0.39 is 35.5 Å². The Hall–Kier alpha value is -1.13. The number of rotatable bonds is 1. The van der Waals surface area contributed by atoms with Crippen LogP contribution in [-0.2, 0) is 6.67 Å². The lowest BCUT2D eigenvalue weighted by atomic mass is 10.2. The Bertz CT molecular complexity index is 281. The predicted octanol–water partition coefficient (Wildman–Crippen LogP) is 2.51. The number of hydrogen-bond donors (Lipinski definition) is 0. The van der Waals surface area contributed by atoms with E-state index in [1.54, 1.807) is 0 Å². The molecule has 0 spiro atoms. The first-order valence-electron chi connectivity index (χ1n) is 2.88. The average molecular weight is 181 g/mol. The van der Waals surface area contributed by atoms with Crippen LogP contribution >= 0.6 is 0 Å². The van der Waals surface area contributed by atoms with Crippen molar-refractivity contribution in [2.45, 2.75) is 6.67 Å². The van der Waals surface area contributed by atoms with Gasteiger partial charge < -0.3 is 0 Å². The van der Waals surface area contributed by atoms with Gasteiger partial charge in [-0.1, -0.05) is 0 Å². The smallest absolute Gasteiger partial charge is 0.170 e. The van der Waals surface area contributed by atoms with Gasteiger partial charge in [0.05, 0.1) is 11.6 Å². The maximum atomic E-state index is 12.4. The van der Waals surface area contributed by atoms with Gasteiger partial charge >= 0.3 is 0 Å². The second-order valence-electron chi connectivity index (χ2n) is 1.99. The monoisotopic (exact) mass is 181 g/mol. The highest BCUT2D eigenvalue weighted by molar-refractivity contribution is 5.20. The molecule has 0 saturated carbocycles. The summed E-state index contributed by atoms with van der Waals surface area (Å²) in [6, 6.07) is 1.13. The van der Waals surface area contributed by atoms with Crippen molar-refractivity contribution < 1.29 is 22.0 Å². The first-order chi connectivity index (χ1) is 5.57. The summed E-state index contributed by atoms with van der Waals surface area (Å²) in [5.74, 6) is -6.92. The van der Waals surface area contributed by atoms with Crippen LogP contribution in [0.3, 0.4) is 0 Å². The second kappa shape index (κ2) is 3.08. The van der Waals surface area contributed by atoms with E-state index in [1.165, 1.54) is 0 Å². The van der Waals surface area contributed by atoms with Crippen molar-refractivity contribution in [1.29, 1.82) is 0 Å². The van der Waals surface area contributed by atoms with Crippen LogP contribution < -0.4 is 0 Å². The maximum absolute atomic E-state index is 12.4. The first kappa shape index (κ1) is 8.96. The summed E-state index contributed by atoms with van der Waals surface area (Å²) in [6.45, 7) is -1.60. The van der Waals surface area contributed by atoms with Gasteiger partial charge in [0, 0.05) is 0 Å². The molecule has 0 bridgehead atoms. The van der Waals surface area contributed by atoms with Crippen molar-refractivity contribution in [3.63, 3.8) is 0 Å². The molecule has 1 rings (SSSR count). The van der Waals surface area contributed by atoms with Gasteiger partial charge in [-0.25, -0.2) is 22.0 Å². The quantitative estimate of drug-likeness (QED) is 0.461. The fourth-order valence-corrected chi connectivity index (χ4v) is 0.685. The minimum atomic E-state index is -1.74. The summed E-state index contributed by atoms with van der Waals surface area (Å²) in [7, 11) is 0. The summed E-state index contributed by atoms with van der Waals surface area (Å²) in [5.41, 5.74) is -1.25. The van der Waals surface area contributed by atoms with Crippen molar-refractivity contribution in [2.75, 3.05) is 0 Å². The standard InChI is InChI=1S/C7H2F5/c8-2-3-6(11)4(9)1-5(10)7(3)12/h2H2. The minimum Gasteiger partial charge on any atom is -0.246 e. The van der Waals surface area contributed by atoms with Gasteiger partial charge in [-0.15, -0.1) is 0 Å². The highest BCUT2D eigenvalue weighted by atomic mass is 19.2. The molecule has 0 unspecified atom stereocenters. The van der Waals surface area contributed by atoms with Gasteiger partial charge in [-0.3, -0.25) is 0 Å². The van der Waals surface area contributed by atoms with Gasteiger partial charge in [0.1, 0.15) is 6.67 Å². The lowest BCUT2D eigenvalue weighted by Crippen LogP contribution is -2.00. The van der Waals surface area contributed by atoms with E-state index in [4.69, 9.17) is 0 Å². The molecular weight excluding hydrogens is 179 g/mol. The van der Waals surface area contributed by atoms with Crippen LogP contribution in [0, 0.1) is 29.3 Å². The number of hydrogen-bond acceptors (Lipinski definition) is 0. The molecule has 12 heavy (non-hydrogen) atoms. The van der Waals surface area contributed by atoms with Crippen molar-refractivity contribution in [3.05, 3.63) is 34.9 Å². The lowest BCUT2D eigenvalue weighted by molar-refractivity contribution is 0.394. The fourth-order valence-electron chi connectivity index (χ4n) is 0.685. The third-order valence-electron chi connectivity index (χ3n) is 1.27. The van der Waals surface area contributed by atoms with Gasteiger partial charge in [-0.05, 0) is 0 Å². The fraction of sp³-hybridized carbons (Fsp3) is 0.143. The first-order valence-corrected chi connectivity index (χ1v) is 2.88. The van der Waals surface area contributed by atoms with Gasteiger partial charge in [0.25, 0.3) is 0 Å². The van der Waals surface area contributed by atoms with Crippen LogP contribution in [0.1, 0.15) is 5.56 Å². The molecule has 1 aromatic rings. The van der Waals surface area contributed by atoms with E-state index in [0.717, 1.165) is 6.07 Å². The summed E-state index contributed by atoms with van der Waals surface area (Å²) < 4.78 is 61.0. The molecule has 0 N–H and O–H groups in total. The van der Waals surface area contributed by atoms with E-state index in [0.29, 0.717) is 0 Å². The molecule has 1 aromatic carbocycles. The van der Waals surface area contributed by atoms with Crippen molar-refractivity contribution in [2.24, 2.45) is 0 Å². The molecule has 0 saturated heterocycles. The van der Waals surface area contributed by atoms with Crippen LogP contribution in [0.2, 0.25) is 0 Å². The Morgan fingerprint density at radius 2 is 1.33 bits per heavy atom. The maximum Gasteiger partial charge on any atom is 0.170 e. The van der Waals surface area contributed by atoms with Crippen LogP contribution in [0.15, 0.2) is 0 Å². The molecule has 1 radical (unpaired) electrons. The molecule has 0 aliphatic carbocycles. The number of benzene rings is 1. The van der Waals surface area contributed by atoms with Gasteiger partial charge in [0.15, 0.2) is 23.3 Å². The largest absolute Gasteiger partial charge is 0.246 e. The summed E-state index contributed by atoms with van der Waals surface area (Å²) in [6.07, 6.45) is 0. The van der Waals surface area contributed by atoms with E-state index in [-0.39, 0.29) is 0 Å². The molecular formula is C7H2F5. The van der Waals surface area contributed by atoms with E-state index >= 15 is 0 Å². The molecule has 0 amide bonds. The Balaban J connectivity index is 3.42. The third-order valence-corrected chi connectivity index (χ3v) is 1.27. The Morgan fingerprint density at radius 1 is 0.917 bits per heavy atom. The molecule has 0 heterocycles. The van der Waals surface area contributed by atoms with E-state index in [2.05, 4.69) is 0 Å². The summed E-state index contributed by atoms with van der Waals surface area (Å²) in [5, 5.41) is 0. The topological polar surface area (TPSA) is 0 Å². The summed E-state index contributed by atoms with van der Waals surface area (Å²) in [4.78, 5) is 0. The van der Waals surface area contributed by atoms with Crippen LogP contribution in [0.5, 0.6) is 0 Å². The van der Waals surface area contributed by atoms with Crippen LogP contribution in [-0.4, -0.2) is 0 Å². The van der Waals surface area contributed by atoms with Crippen LogP contribution in [0.25, 0.3) is 0 Å². The number of halogens is 5. The minimum absolute atomic E-state index is 1.13. The molecule has 0 fully saturated rings. The van der Waals surface area contributed by atoms with E-state index in [9.17, 15) is 22.0 Å². The van der Waals surface area contributed by atoms with Crippen molar-refractivity contribution in [1.82, 2.24) is 0 Å². The molecule has 0 nitrogen and oxygen atoms in total. The molecule has 0 aliphatic rings. The Kier molecular flexibility index (Phi) is 2.30. The van der Waals surface area contributed by atoms with Gasteiger partial charge in [-0.2, -0.15) is 0 Å². The molecule has 0 atom stereocenters. The third kappa shape index (κ3) is 1.26. The highest BCUT2D eigenvalue weighted by Crippen LogP contribution is 2.19. The Labute approximate surface area is 64.6 Å². The highest BCUT2D eigenvalue weighted by Gasteiger charge is 2.18. The van der Waals surface area contributed by atoms with Crippen LogP contribution in [0.4, 0.5) is 22.0 Å². The predicted molar refractivity (Wildman–Crippen MR) is 29.9 cm³/mol. The molecule has 5 heteroatoms. The zero-order chi connectivity index (χ0) is 9.30. The summed E-state index contributed by atoms with van der Waals surface area (Å²) >= 11 is 0. The average Bonchev–Trinajstić information content (AvgIpc) is 2.02. The molecule has 0 aliphatic heterocycles. The Morgan fingerprint density at radius 3 is 1.67 bits per heavy atom. The van der Waals surface area contributed by atoms with Crippen molar-refractivity contribution >= 4 is 0 Å². The zero-order valence-corrected chi connectivity index (χ0v) is 5.60. The molecule has 65 valence electrons. The second-order valence-corrected chi connectivity index (χ2v) is 1.99. The van der Waals surface area contributed by atoms with Gasteiger partial charge in [0.2, 0.25) is 0 Å². The van der Waals surface area contributed by atoms with E-state index in [1.807, 2.05) is 0 Å². The molecule has 0 aromatic heterocycles. The number of alkyl halides is 1.